The number of alkyl halides is 1. The third kappa shape index (κ3) is 1.97. The van der Waals surface area contributed by atoms with Crippen LogP contribution in [-0.4, -0.2) is 18.6 Å². The predicted molar refractivity (Wildman–Crippen MR) is 78.7 cm³/mol. The number of rotatable bonds is 3. The lowest BCUT2D eigenvalue weighted by molar-refractivity contribution is 0.0737. The van der Waals surface area contributed by atoms with Crippen LogP contribution in [0.3, 0.4) is 0 Å². The minimum atomic E-state index is 0.116. The molecule has 96 valence electrons. The molecule has 0 saturated carbocycles. The van der Waals surface area contributed by atoms with Crippen LogP contribution in [0.15, 0.2) is 29.6 Å². The van der Waals surface area contributed by atoms with Gasteiger partial charge in [-0.15, -0.1) is 22.9 Å². The Morgan fingerprint density at radius 1 is 1.44 bits per heavy atom. The molecule has 1 aromatic carbocycles. The van der Waals surface area contributed by atoms with Crippen molar-refractivity contribution in [3.8, 4) is 0 Å². The largest absolute Gasteiger partial charge is 0.378 e. The molecule has 3 rings (SSSR count). The van der Waals surface area contributed by atoms with Crippen LogP contribution in [0.25, 0.3) is 10.1 Å². The first-order chi connectivity index (χ1) is 8.75. The zero-order valence-electron chi connectivity index (χ0n) is 10.5. The van der Waals surface area contributed by atoms with E-state index in [1.165, 1.54) is 15.6 Å². The zero-order chi connectivity index (χ0) is 12.6. The molecular formula is C15H17ClOS. The van der Waals surface area contributed by atoms with Crippen molar-refractivity contribution >= 4 is 33.0 Å². The molecule has 2 heterocycles. The molecule has 1 fully saturated rings. The zero-order valence-corrected chi connectivity index (χ0v) is 12.1. The second-order valence-electron chi connectivity index (χ2n) is 5.19. The molecule has 1 aromatic heterocycles. The molecule has 0 spiro atoms. The van der Waals surface area contributed by atoms with Crippen LogP contribution < -0.4 is 0 Å². The topological polar surface area (TPSA) is 9.23 Å². The monoisotopic (exact) mass is 280 g/mol. The fourth-order valence-electron chi connectivity index (χ4n) is 2.82. The average Bonchev–Trinajstić information content (AvgIpc) is 2.96. The Morgan fingerprint density at radius 3 is 3.00 bits per heavy atom. The number of hydrogen-bond donors (Lipinski definition) is 0. The van der Waals surface area contributed by atoms with E-state index >= 15 is 0 Å². The second-order valence-corrected chi connectivity index (χ2v) is 6.37. The van der Waals surface area contributed by atoms with Crippen LogP contribution >= 0.6 is 22.9 Å². The first-order valence-electron chi connectivity index (χ1n) is 6.38. The summed E-state index contributed by atoms with van der Waals surface area (Å²) in [6.07, 6.45) is 2.36. The predicted octanol–water partition coefficient (Wildman–Crippen LogP) is 4.48. The Kier molecular flexibility index (Phi) is 3.35. The van der Waals surface area contributed by atoms with E-state index in [0.29, 0.717) is 5.88 Å². The van der Waals surface area contributed by atoms with Crippen molar-refractivity contribution in [3.05, 3.63) is 35.2 Å². The lowest BCUT2D eigenvalue weighted by Crippen LogP contribution is -2.33. The quantitative estimate of drug-likeness (QED) is 0.754. The van der Waals surface area contributed by atoms with Gasteiger partial charge in [-0.3, -0.25) is 0 Å². The maximum atomic E-state index is 6.25. The van der Waals surface area contributed by atoms with Crippen molar-refractivity contribution in [2.24, 2.45) is 5.41 Å². The van der Waals surface area contributed by atoms with Gasteiger partial charge in [0.15, 0.2) is 0 Å². The summed E-state index contributed by atoms with van der Waals surface area (Å²) in [5.41, 5.74) is 1.54. The summed E-state index contributed by atoms with van der Waals surface area (Å²) in [6.45, 7) is 3.00. The summed E-state index contributed by atoms with van der Waals surface area (Å²) >= 11 is 8.07. The van der Waals surface area contributed by atoms with Crippen LogP contribution in [0.1, 0.15) is 18.9 Å². The Bertz CT molecular complexity index is 550. The highest BCUT2D eigenvalue weighted by atomic mass is 35.5. The van der Waals surface area contributed by atoms with E-state index in [2.05, 4.69) is 36.6 Å². The van der Waals surface area contributed by atoms with Crippen molar-refractivity contribution in [3.63, 3.8) is 0 Å². The molecule has 1 saturated heterocycles. The Labute approximate surface area is 117 Å². The fraction of sp³-hybridized carbons (Fsp3) is 0.467. The van der Waals surface area contributed by atoms with Gasteiger partial charge in [-0.25, -0.2) is 0 Å². The van der Waals surface area contributed by atoms with Gasteiger partial charge < -0.3 is 4.74 Å². The highest BCUT2D eigenvalue weighted by molar-refractivity contribution is 7.17. The SMILES string of the molecule is CC1OCCC1(CCl)Cc1csc2ccccc12. The Morgan fingerprint density at radius 2 is 2.28 bits per heavy atom. The normalized spacial score (nSPS) is 28.0. The van der Waals surface area contributed by atoms with Gasteiger partial charge in [-0.2, -0.15) is 0 Å². The van der Waals surface area contributed by atoms with E-state index < -0.39 is 0 Å². The van der Waals surface area contributed by atoms with Crippen LogP contribution in [0, 0.1) is 5.41 Å². The van der Waals surface area contributed by atoms with Gasteiger partial charge >= 0.3 is 0 Å². The maximum Gasteiger partial charge on any atom is 0.0618 e. The lowest BCUT2D eigenvalue weighted by Gasteiger charge is -2.29. The molecule has 18 heavy (non-hydrogen) atoms. The van der Waals surface area contributed by atoms with Gasteiger partial charge in [0.05, 0.1) is 6.10 Å². The third-order valence-corrected chi connectivity index (χ3v) is 5.74. The molecule has 1 aliphatic rings. The molecule has 0 radical (unpaired) electrons. The molecule has 3 heteroatoms. The number of ether oxygens (including phenoxy) is 1. The van der Waals surface area contributed by atoms with E-state index in [1.54, 1.807) is 0 Å². The van der Waals surface area contributed by atoms with E-state index in [0.717, 1.165) is 19.4 Å². The molecule has 0 aliphatic carbocycles. The second kappa shape index (κ2) is 4.84. The molecule has 0 N–H and O–H groups in total. The number of benzene rings is 1. The first kappa shape index (κ1) is 12.5. The molecule has 2 unspecified atom stereocenters. The fourth-order valence-corrected chi connectivity index (χ4v) is 4.23. The van der Waals surface area contributed by atoms with E-state index in [1.807, 2.05) is 11.3 Å². The van der Waals surface area contributed by atoms with Crippen molar-refractivity contribution in [2.45, 2.75) is 25.9 Å². The van der Waals surface area contributed by atoms with Crippen LogP contribution in [0.2, 0.25) is 0 Å². The molecule has 1 nitrogen and oxygen atoms in total. The van der Waals surface area contributed by atoms with Gasteiger partial charge in [0.25, 0.3) is 0 Å². The number of fused-ring (bicyclic) bond motifs is 1. The minimum absolute atomic E-state index is 0.116. The average molecular weight is 281 g/mol. The van der Waals surface area contributed by atoms with Crippen LogP contribution in [0.4, 0.5) is 0 Å². The lowest BCUT2D eigenvalue weighted by atomic mass is 9.78. The van der Waals surface area contributed by atoms with Crippen molar-refractivity contribution in [1.82, 2.24) is 0 Å². The standard InChI is InChI=1S/C15H17ClOS/c1-11-15(10-16,6-7-17-11)8-12-9-18-14-5-3-2-4-13(12)14/h2-5,9,11H,6-8,10H2,1H3. The van der Waals surface area contributed by atoms with Crippen molar-refractivity contribution in [2.75, 3.05) is 12.5 Å². The summed E-state index contributed by atoms with van der Waals surface area (Å²) in [7, 11) is 0. The molecule has 0 amide bonds. The van der Waals surface area contributed by atoms with Crippen molar-refractivity contribution in [1.29, 1.82) is 0 Å². The summed E-state index contributed by atoms with van der Waals surface area (Å²) in [6, 6.07) is 8.61. The number of halogens is 1. The van der Waals surface area contributed by atoms with Gasteiger partial charge in [-0.1, -0.05) is 18.2 Å². The summed E-state index contributed by atoms with van der Waals surface area (Å²) in [5.74, 6) is 0.679. The Hall–Kier alpha value is -0.570. The molecule has 1 aliphatic heterocycles. The molecule has 2 aromatic rings. The maximum absolute atomic E-state index is 6.25. The molecular weight excluding hydrogens is 264 g/mol. The van der Waals surface area contributed by atoms with E-state index in [-0.39, 0.29) is 11.5 Å². The number of thiophene rings is 1. The summed E-state index contributed by atoms with van der Waals surface area (Å²) in [4.78, 5) is 0. The highest BCUT2D eigenvalue weighted by Crippen LogP contribution is 2.41. The first-order valence-corrected chi connectivity index (χ1v) is 7.79. The van der Waals surface area contributed by atoms with Gasteiger partial charge in [0.2, 0.25) is 0 Å². The van der Waals surface area contributed by atoms with Gasteiger partial charge in [-0.05, 0) is 42.2 Å². The van der Waals surface area contributed by atoms with Crippen LogP contribution in [0.5, 0.6) is 0 Å². The van der Waals surface area contributed by atoms with E-state index in [9.17, 15) is 0 Å². The highest BCUT2D eigenvalue weighted by Gasteiger charge is 2.41. The van der Waals surface area contributed by atoms with Gasteiger partial charge in [0.1, 0.15) is 0 Å². The Balaban J connectivity index is 1.96. The molecule has 0 bridgehead atoms. The van der Waals surface area contributed by atoms with E-state index in [4.69, 9.17) is 16.3 Å². The minimum Gasteiger partial charge on any atom is -0.378 e. The molecule has 2 atom stereocenters. The number of hydrogen-bond acceptors (Lipinski definition) is 2. The third-order valence-electron chi connectivity index (χ3n) is 4.20. The summed E-state index contributed by atoms with van der Waals surface area (Å²) in [5, 5.41) is 3.66. The smallest absolute Gasteiger partial charge is 0.0618 e. The van der Waals surface area contributed by atoms with Crippen LogP contribution in [-0.2, 0) is 11.2 Å². The summed E-state index contributed by atoms with van der Waals surface area (Å²) < 4.78 is 7.10. The van der Waals surface area contributed by atoms with Gasteiger partial charge in [0, 0.05) is 22.6 Å². The van der Waals surface area contributed by atoms with Crippen molar-refractivity contribution < 1.29 is 4.74 Å².